The topological polar surface area (TPSA) is 105 Å². The average Bonchev–Trinajstić information content (AvgIpc) is 3.70. The number of unbranched alkanes of at least 4 members (excludes halogenated alkanes) is 63. The molecule has 0 aliphatic carbocycles. The Balaban J connectivity index is 3.90. The number of carbonyl (C=O) groups excluding carboxylic acids is 1. The van der Waals surface area contributed by atoms with Crippen LogP contribution in [-0.4, -0.2) is 73.4 Å². The van der Waals surface area contributed by atoms with Gasteiger partial charge in [-0.1, -0.05) is 425 Å². The molecule has 3 N–H and O–H groups in total. The summed E-state index contributed by atoms with van der Waals surface area (Å²) in [6, 6.07) is -0.758. The predicted octanol–water partition coefficient (Wildman–Crippen LogP) is 25.8. The van der Waals surface area contributed by atoms with Crippen LogP contribution in [0.4, 0.5) is 0 Å². The number of amides is 1. The molecule has 0 radical (unpaired) electrons. The Morgan fingerprint density at radius 3 is 0.770 bits per heavy atom. The number of hydrogen-bond acceptors (Lipinski definition) is 5. The molecule has 3 unspecified atom stereocenters. The number of nitrogens with one attached hydrogen (secondary N) is 1. The molecule has 1 amide bonds. The Labute approximate surface area is 546 Å². The Morgan fingerprint density at radius 1 is 0.345 bits per heavy atom. The molecule has 0 heterocycles. The second-order valence-corrected chi connectivity index (χ2v) is 30.6. The Bertz CT molecular complexity index is 1380. The van der Waals surface area contributed by atoms with E-state index in [1.54, 1.807) is 0 Å². The molecule has 3 atom stereocenters. The molecule has 0 spiro atoms. The number of phosphoric acid groups is 1. The molecule has 0 rings (SSSR count). The number of rotatable bonds is 76. The summed E-state index contributed by atoms with van der Waals surface area (Å²) in [7, 11) is 1.65. The number of phosphoric ester groups is 1. The summed E-state index contributed by atoms with van der Waals surface area (Å²) in [5.41, 5.74) is 0. The minimum Gasteiger partial charge on any atom is -0.391 e. The molecule has 9 heteroatoms. The lowest BCUT2D eigenvalue weighted by atomic mass is 10.0. The van der Waals surface area contributed by atoms with Gasteiger partial charge in [-0.15, -0.1) is 0 Å². The van der Waals surface area contributed by atoms with Crippen LogP contribution < -0.4 is 5.32 Å². The predicted molar refractivity (Wildman–Crippen MR) is 383 cm³/mol. The summed E-state index contributed by atoms with van der Waals surface area (Å²) in [5.74, 6) is -0.131. The van der Waals surface area contributed by atoms with Crippen molar-refractivity contribution in [2.75, 3.05) is 40.9 Å². The summed E-state index contributed by atoms with van der Waals surface area (Å²) in [5, 5.41) is 14.2. The fourth-order valence-corrected chi connectivity index (χ4v) is 13.7. The van der Waals surface area contributed by atoms with Crippen molar-refractivity contribution in [1.29, 1.82) is 0 Å². The minimum absolute atomic E-state index is 0.0796. The number of likely N-dealkylation sites (N-methyl/N-ethyl adjacent to an activating group) is 1. The van der Waals surface area contributed by atoms with Crippen molar-refractivity contribution in [3.8, 4) is 0 Å². The van der Waals surface area contributed by atoms with Gasteiger partial charge in [0.2, 0.25) is 5.91 Å². The molecule has 0 aliphatic heterocycles. The SMILES string of the molecule is CCCCCCCCCCCCCCCCCCCCCCCCCCCCCCCCCCCCC(=O)NC(COP(=O)(O)OCC[N+](C)(C)C)C(O)CCCCCCCCCCCCCCCCCCCCCCCCCCCCCCCCC. The lowest BCUT2D eigenvalue weighted by Gasteiger charge is -2.26. The first-order valence-corrected chi connectivity index (χ1v) is 41.4. The van der Waals surface area contributed by atoms with Gasteiger partial charge in [-0.3, -0.25) is 13.8 Å². The van der Waals surface area contributed by atoms with Gasteiger partial charge < -0.3 is 19.8 Å². The van der Waals surface area contributed by atoms with Crippen molar-refractivity contribution < 1.29 is 32.9 Å². The lowest BCUT2D eigenvalue weighted by molar-refractivity contribution is -0.870. The Kier molecular flexibility index (Phi) is 69.4. The minimum atomic E-state index is -4.33. The quantitative estimate of drug-likeness (QED) is 0.0318. The zero-order valence-corrected chi connectivity index (χ0v) is 61.0. The van der Waals surface area contributed by atoms with Crippen LogP contribution in [-0.2, 0) is 18.4 Å². The highest BCUT2D eigenvalue weighted by atomic mass is 31.2. The first kappa shape index (κ1) is 86.5. The van der Waals surface area contributed by atoms with Crippen LogP contribution in [0.2, 0.25) is 0 Å². The van der Waals surface area contributed by atoms with Crippen molar-refractivity contribution >= 4 is 13.7 Å². The van der Waals surface area contributed by atoms with E-state index in [4.69, 9.17) is 9.05 Å². The summed E-state index contributed by atoms with van der Waals surface area (Å²) in [6.45, 7) is 4.98. The zero-order chi connectivity index (χ0) is 63.4. The summed E-state index contributed by atoms with van der Waals surface area (Å²) < 4.78 is 24.0. The zero-order valence-electron chi connectivity index (χ0n) is 60.1. The maximum atomic E-state index is 13.1. The maximum Gasteiger partial charge on any atom is 0.472 e. The number of nitrogens with zero attached hydrogens (tertiary/aromatic N) is 1. The van der Waals surface area contributed by atoms with Gasteiger partial charge in [0.1, 0.15) is 13.2 Å². The molecule has 0 aromatic carbocycles. The third-order valence-corrected chi connectivity index (χ3v) is 20.1. The van der Waals surface area contributed by atoms with Crippen molar-refractivity contribution in [2.45, 2.75) is 456 Å². The van der Waals surface area contributed by atoms with E-state index in [-0.39, 0.29) is 19.1 Å². The summed E-state index contributed by atoms with van der Waals surface area (Å²) in [6.07, 6.45) is 89.7. The highest BCUT2D eigenvalue weighted by Crippen LogP contribution is 2.43. The number of aliphatic hydroxyl groups is 1. The van der Waals surface area contributed by atoms with E-state index in [1.807, 2.05) is 21.1 Å². The largest absolute Gasteiger partial charge is 0.472 e. The number of carbonyl (C=O) groups is 1. The Morgan fingerprint density at radius 2 is 0.552 bits per heavy atom. The molecule has 522 valence electrons. The fourth-order valence-electron chi connectivity index (χ4n) is 12.9. The molecule has 0 aliphatic rings. The van der Waals surface area contributed by atoms with E-state index in [0.717, 1.165) is 38.5 Å². The average molecular weight is 1250 g/mol. The molecule has 8 nitrogen and oxygen atoms in total. The first-order chi connectivity index (χ1) is 42.5. The monoisotopic (exact) mass is 1250 g/mol. The van der Waals surface area contributed by atoms with Gasteiger partial charge in [0.05, 0.1) is 39.9 Å². The van der Waals surface area contributed by atoms with Gasteiger partial charge in [0.25, 0.3) is 0 Å². The second kappa shape index (κ2) is 69.8. The van der Waals surface area contributed by atoms with Gasteiger partial charge in [0, 0.05) is 6.42 Å². The molecule has 0 saturated carbocycles. The van der Waals surface area contributed by atoms with Gasteiger partial charge in [-0.2, -0.15) is 0 Å². The molecule has 87 heavy (non-hydrogen) atoms. The molecular formula is C78H160N2O6P+. The van der Waals surface area contributed by atoms with Gasteiger partial charge >= 0.3 is 7.82 Å². The second-order valence-electron chi connectivity index (χ2n) is 29.2. The lowest BCUT2D eigenvalue weighted by Crippen LogP contribution is -2.46. The van der Waals surface area contributed by atoms with Crippen molar-refractivity contribution in [1.82, 2.24) is 5.32 Å². The molecule has 0 saturated heterocycles. The van der Waals surface area contributed by atoms with E-state index in [9.17, 15) is 19.4 Å². The van der Waals surface area contributed by atoms with Gasteiger partial charge in [-0.05, 0) is 12.8 Å². The van der Waals surface area contributed by atoms with Gasteiger partial charge in [-0.25, -0.2) is 4.57 Å². The van der Waals surface area contributed by atoms with Crippen molar-refractivity contribution in [2.24, 2.45) is 0 Å². The van der Waals surface area contributed by atoms with E-state index in [1.165, 1.54) is 379 Å². The normalized spacial score (nSPS) is 13.4. The van der Waals surface area contributed by atoms with Crippen LogP contribution in [0.1, 0.15) is 444 Å². The van der Waals surface area contributed by atoms with Crippen molar-refractivity contribution in [3.63, 3.8) is 0 Å². The highest BCUT2D eigenvalue weighted by Gasteiger charge is 2.28. The van der Waals surface area contributed by atoms with Crippen molar-refractivity contribution in [3.05, 3.63) is 0 Å². The molecule has 0 fully saturated rings. The molecule has 0 aromatic rings. The first-order valence-electron chi connectivity index (χ1n) is 39.9. The highest BCUT2D eigenvalue weighted by molar-refractivity contribution is 7.47. The van der Waals surface area contributed by atoms with E-state index >= 15 is 0 Å². The van der Waals surface area contributed by atoms with Crippen LogP contribution in [0, 0.1) is 0 Å². The van der Waals surface area contributed by atoms with Crippen LogP contribution in [0.15, 0.2) is 0 Å². The summed E-state index contributed by atoms with van der Waals surface area (Å²) >= 11 is 0. The maximum absolute atomic E-state index is 13.1. The smallest absolute Gasteiger partial charge is 0.391 e. The van der Waals surface area contributed by atoms with Crippen LogP contribution in [0.3, 0.4) is 0 Å². The summed E-state index contributed by atoms with van der Waals surface area (Å²) in [4.78, 5) is 23.5. The third-order valence-electron chi connectivity index (χ3n) is 19.1. The van der Waals surface area contributed by atoms with E-state index in [2.05, 4.69) is 19.2 Å². The van der Waals surface area contributed by atoms with Gasteiger partial charge in [0.15, 0.2) is 0 Å². The van der Waals surface area contributed by atoms with Crippen LogP contribution in [0.5, 0.6) is 0 Å². The van der Waals surface area contributed by atoms with E-state index < -0.39 is 20.0 Å². The van der Waals surface area contributed by atoms with Crippen LogP contribution >= 0.6 is 7.82 Å². The molecule has 0 aromatic heterocycles. The molecule has 0 bridgehead atoms. The fraction of sp³-hybridized carbons (Fsp3) is 0.987. The third kappa shape index (κ3) is 72.8. The Hall–Kier alpha value is -0.500. The number of hydrogen-bond donors (Lipinski definition) is 3. The number of aliphatic hydroxyl groups excluding tert-OH is 1. The van der Waals surface area contributed by atoms with E-state index in [0.29, 0.717) is 23.9 Å². The standard InChI is InChI=1S/C78H159N2O6P/c1-6-8-10-12-14-16-18-20-22-24-26-28-30-32-34-36-38-39-40-42-44-46-48-50-52-54-56-58-60-62-64-66-68-70-72-78(82)79-76(75-86-87(83,84)85-74-73-80(3,4)5)77(81)71-69-67-65-63-61-59-57-55-53-51-49-47-45-43-41-37-35-33-31-29-27-25-23-21-19-17-15-13-11-9-7-2/h76-77,81H,6-75H2,1-5H3,(H-,79,82,83,84)/p+1. The molecular weight excluding hydrogens is 1090 g/mol. The number of quaternary nitrogens is 1. The van der Waals surface area contributed by atoms with Crippen LogP contribution in [0.25, 0.3) is 0 Å².